The predicted molar refractivity (Wildman–Crippen MR) is 114 cm³/mol. The third-order valence-electron chi connectivity index (χ3n) is 9.45. The molecule has 33 heavy (non-hydrogen) atoms. The van der Waals surface area contributed by atoms with E-state index in [1.807, 2.05) is 18.2 Å². The highest BCUT2D eigenvalue weighted by molar-refractivity contribution is 5.66. The molecular formula is C24H25N3O6. The maximum Gasteiger partial charge on any atom is 0.352 e. The van der Waals surface area contributed by atoms with Crippen molar-refractivity contribution >= 4 is 11.9 Å². The second-order valence-electron chi connectivity index (χ2n) is 10.3. The molecule has 6 aliphatic rings. The minimum Gasteiger partial charge on any atom is -0.466 e. The largest absolute Gasteiger partial charge is 0.466 e. The van der Waals surface area contributed by atoms with Crippen LogP contribution < -0.4 is 11.4 Å². The Morgan fingerprint density at radius 2 is 1.30 bits per heavy atom. The second-order valence-corrected chi connectivity index (χ2v) is 10.3. The lowest BCUT2D eigenvalue weighted by Crippen LogP contribution is -2.53. The van der Waals surface area contributed by atoms with Gasteiger partial charge in [0.2, 0.25) is 0 Å². The monoisotopic (exact) mass is 451 g/mol. The van der Waals surface area contributed by atoms with Gasteiger partial charge in [0.05, 0.1) is 31.0 Å². The quantitative estimate of drug-likeness (QED) is 0.588. The highest BCUT2D eigenvalue weighted by Gasteiger charge is 3.02. The molecule has 2 bridgehead atoms. The number of nitrogens with zero attached hydrogens (tertiary/aromatic N) is 3. The number of ether oxygens (including phenoxy) is 2. The normalized spacial score (nSPS) is 39.2. The molecule has 0 amide bonds. The summed E-state index contributed by atoms with van der Waals surface area (Å²) in [6.45, 7) is 3.40. The van der Waals surface area contributed by atoms with Crippen LogP contribution in [0.15, 0.2) is 39.9 Å². The Hall–Kier alpha value is -3.10. The summed E-state index contributed by atoms with van der Waals surface area (Å²) in [4.78, 5) is 50.2. The van der Waals surface area contributed by atoms with E-state index in [1.165, 1.54) is 18.4 Å². The number of hydrogen-bond acceptors (Lipinski definition) is 6. The number of benzene rings is 1. The zero-order valence-corrected chi connectivity index (χ0v) is 18.5. The summed E-state index contributed by atoms with van der Waals surface area (Å²) in [5.74, 6) is 1.03. The van der Waals surface area contributed by atoms with Gasteiger partial charge in [0.25, 0.3) is 0 Å². The molecule has 8 rings (SSSR count). The molecule has 9 heteroatoms. The minimum atomic E-state index is -0.318. The Balaban J connectivity index is 1.37. The van der Waals surface area contributed by atoms with Gasteiger partial charge in [0, 0.05) is 24.7 Å². The zero-order chi connectivity index (χ0) is 22.9. The van der Waals surface area contributed by atoms with Crippen LogP contribution >= 0.6 is 0 Å². The molecule has 0 spiro atoms. The molecule has 8 atom stereocenters. The predicted octanol–water partition coefficient (Wildman–Crippen LogP) is 1.29. The number of hydrogen-bond donors (Lipinski definition) is 0. The summed E-state index contributed by atoms with van der Waals surface area (Å²) >= 11 is 0. The first-order valence-electron chi connectivity index (χ1n) is 11.7. The molecule has 0 N–H and O–H groups in total. The number of carbonyl (C=O) groups excluding carboxylic acids is 2. The summed E-state index contributed by atoms with van der Waals surface area (Å²) in [5.41, 5.74) is -0.414. The zero-order valence-electron chi connectivity index (χ0n) is 18.5. The molecule has 172 valence electrons. The van der Waals surface area contributed by atoms with Crippen molar-refractivity contribution in [3.63, 3.8) is 0 Å². The lowest BCUT2D eigenvalue weighted by atomic mass is 9.68. The van der Waals surface area contributed by atoms with Gasteiger partial charge >= 0.3 is 23.3 Å². The fourth-order valence-electron chi connectivity index (χ4n) is 8.99. The van der Waals surface area contributed by atoms with E-state index >= 15 is 0 Å². The lowest BCUT2D eigenvalue weighted by Gasteiger charge is -2.48. The van der Waals surface area contributed by atoms with E-state index in [0.29, 0.717) is 55.4 Å². The highest BCUT2D eigenvalue weighted by Crippen LogP contribution is 3.03. The Morgan fingerprint density at radius 1 is 0.818 bits per heavy atom. The first-order valence-corrected chi connectivity index (χ1v) is 11.7. The van der Waals surface area contributed by atoms with Crippen LogP contribution in [-0.4, -0.2) is 39.1 Å². The van der Waals surface area contributed by atoms with Crippen LogP contribution in [0, 0.1) is 34.5 Å². The Morgan fingerprint density at radius 3 is 1.76 bits per heavy atom. The van der Waals surface area contributed by atoms with Gasteiger partial charge < -0.3 is 9.47 Å². The second kappa shape index (κ2) is 5.87. The number of carbonyl (C=O) groups is 2. The maximum atomic E-state index is 13.6. The average Bonchev–Trinajstić information content (AvgIpc) is 3.51. The standard InChI is InChI=1S/C24H25N3O6/c1-12(28)32-10-8-23-18-15-16-17(15)20(24(18,23)9-11-33-13(2)29)27-22(31)25(14-6-4-3-5-7-14)21(30)26(27)19(16)23/h3-7,15-20H,8-11H2,1-2H3/t15?,16-,17-,18?,19-,20+,23+,24+/m0/s1. The molecule has 0 saturated heterocycles. The maximum absolute atomic E-state index is 13.6. The molecule has 0 radical (unpaired) electrons. The molecule has 9 nitrogen and oxygen atoms in total. The summed E-state index contributed by atoms with van der Waals surface area (Å²) < 4.78 is 15.4. The van der Waals surface area contributed by atoms with Crippen molar-refractivity contribution in [2.75, 3.05) is 13.2 Å². The van der Waals surface area contributed by atoms with Crippen LogP contribution in [0.3, 0.4) is 0 Å². The van der Waals surface area contributed by atoms with E-state index in [0.717, 1.165) is 0 Å². The van der Waals surface area contributed by atoms with Crippen molar-refractivity contribution < 1.29 is 19.1 Å². The SMILES string of the molecule is CC(=O)OCC[C@@]12C3C4[C@H]5[C@H]4[C@@H](n4c(=O)n(-c6ccccc6)c(=O)n4[C@@H]51)[C@@]32CCOC(C)=O. The van der Waals surface area contributed by atoms with Crippen LogP contribution in [0.5, 0.6) is 0 Å². The van der Waals surface area contributed by atoms with E-state index in [4.69, 9.17) is 9.47 Å². The van der Waals surface area contributed by atoms with E-state index in [9.17, 15) is 19.2 Å². The lowest BCUT2D eigenvalue weighted by molar-refractivity contribution is -0.144. The van der Waals surface area contributed by atoms with Crippen LogP contribution in [0.1, 0.15) is 38.8 Å². The smallest absolute Gasteiger partial charge is 0.352 e. The van der Waals surface area contributed by atoms with Gasteiger partial charge in [-0.25, -0.2) is 23.5 Å². The van der Waals surface area contributed by atoms with Crippen molar-refractivity contribution in [2.45, 2.75) is 38.8 Å². The first kappa shape index (κ1) is 19.4. The summed E-state index contributed by atoms with van der Waals surface area (Å²) in [7, 11) is 0. The molecule has 4 fully saturated rings. The van der Waals surface area contributed by atoms with Crippen molar-refractivity contribution in [2.24, 2.45) is 34.5 Å². The van der Waals surface area contributed by atoms with Crippen LogP contribution in [-0.2, 0) is 19.1 Å². The molecule has 3 heterocycles. The van der Waals surface area contributed by atoms with Crippen LogP contribution in [0.25, 0.3) is 5.69 Å². The van der Waals surface area contributed by atoms with E-state index in [1.54, 1.807) is 21.5 Å². The van der Waals surface area contributed by atoms with Gasteiger partial charge in [-0.1, -0.05) is 18.2 Å². The fraction of sp³-hybridized carbons (Fsp3) is 0.583. The average molecular weight is 451 g/mol. The molecule has 2 aromatic rings. The van der Waals surface area contributed by atoms with Gasteiger partial charge in [0.15, 0.2) is 0 Å². The first-order chi connectivity index (χ1) is 15.9. The minimum absolute atomic E-state index is 0.0828. The number of aromatic nitrogens is 3. The highest BCUT2D eigenvalue weighted by atomic mass is 16.5. The summed E-state index contributed by atoms with van der Waals surface area (Å²) in [6, 6.07) is 8.87. The Labute approximate surface area is 188 Å². The van der Waals surface area contributed by atoms with Gasteiger partial charge in [-0.2, -0.15) is 0 Å². The third kappa shape index (κ3) is 1.94. The van der Waals surface area contributed by atoms with Gasteiger partial charge in [-0.05, 0) is 48.6 Å². The van der Waals surface area contributed by atoms with Crippen molar-refractivity contribution in [3.8, 4) is 5.69 Å². The van der Waals surface area contributed by atoms with Crippen LogP contribution in [0.2, 0.25) is 0 Å². The number of rotatable bonds is 7. The molecule has 1 aromatic carbocycles. The number of para-hydroxylation sites is 1. The Bertz CT molecular complexity index is 1260. The topological polar surface area (TPSA) is 102 Å². The van der Waals surface area contributed by atoms with Crippen molar-refractivity contribution in [1.29, 1.82) is 0 Å². The third-order valence-corrected chi connectivity index (χ3v) is 9.45. The number of esters is 2. The van der Waals surface area contributed by atoms with Gasteiger partial charge in [0.1, 0.15) is 0 Å². The van der Waals surface area contributed by atoms with Crippen LogP contribution in [0.4, 0.5) is 0 Å². The molecule has 4 aliphatic carbocycles. The fourth-order valence-corrected chi connectivity index (χ4v) is 8.99. The molecule has 1 aromatic heterocycles. The molecular weight excluding hydrogens is 426 g/mol. The van der Waals surface area contributed by atoms with Gasteiger partial charge in [-0.15, -0.1) is 0 Å². The molecule has 2 aliphatic heterocycles. The molecule has 4 saturated carbocycles. The Kier molecular flexibility index (Phi) is 3.45. The van der Waals surface area contributed by atoms with Gasteiger partial charge in [-0.3, -0.25) is 9.59 Å². The molecule has 2 unspecified atom stereocenters. The van der Waals surface area contributed by atoms with Crippen molar-refractivity contribution in [3.05, 3.63) is 51.3 Å². The van der Waals surface area contributed by atoms with E-state index < -0.39 is 0 Å². The summed E-state index contributed by atoms with van der Waals surface area (Å²) in [6.07, 6.45) is 1.32. The van der Waals surface area contributed by atoms with E-state index in [2.05, 4.69) is 0 Å². The summed E-state index contributed by atoms with van der Waals surface area (Å²) in [5, 5.41) is 0. The van der Waals surface area contributed by atoms with Crippen molar-refractivity contribution in [1.82, 2.24) is 13.9 Å². The van der Waals surface area contributed by atoms with E-state index in [-0.39, 0.29) is 46.2 Å².